The van der Waals surface area contributed by atoms with E-state index in [-0.39, 0.29) is 6.61 Å². The Morgan fingerprint density at radius 3 is 2.31 bits per heavy atom. The molecule has 1 N–H and O–H groups in total. The van der Waals surface area contributed by atoms with Crippen LogP contribution in [0.4, 0.5) is 5.69 Å². The lowest BCUT2D eigenvalue weighted by molar-refractivity contribution is -0.153. The van der Waals surface area contributed by atoms with E-state index in [0.29, 0.717) is 41.1 Å². The number of amides is 1. The quantitative estimate of drug-likeness (QED) is 0.481. The molecule has 2 aliphatic heterocycles. The fourth-order valence-corrected chi connectivity index (χ4v) is 4.46. The first-order valence-electron chi connectivity index (χ1n) is 11.5. The number of rotatable bonds is 6. The van der Waals surface area contributed by atoms with E-state index < -0.39 is 23.8 Å². The minimum atomic E-state index is -1.10. The number of nitrogens with zero attached hydrogens (tertiary/aromatic N) is 3. The number of benzene rings is 2. The van der Waals surface area contributed by atoms with E-state index in [4.69, 9.17) is 30.8 Å². The van der Waals surface area contributed by atoms with E-state index in [1.54, 1.807) is 32.2 Å². The summed E-state index contributed by atoms with van der Waals surface area (Å²) in [5.74, 6) is -0.662. The van der Waals surface area contributed by atoms with Gasteiger partial charge in [-0.05, 0) is 48.9 Å². The van der Waals surface area contributed by atoms with Gasteiger partial charge in [-0.2, -0.15) is 0 Å². The van der Waals surface area contributed by atoms with E-state index in [1.807, 2.05) is 29.2 Å². The van der Waals surface area contributed by atoms with Crippen LogP contribution < -0.4 is 19.7 Å². The van der Waals surface area contributed by atoms with Crippen LogP contribution in [0.5, 0.6) is 11.5 Å². The molecule has 186 valence electrons. The predicted octanol–water partition coefficient (Wildman–Crippen LogP) is 2.89. The van der Waals surface area contributed by atoms with Gasteiger partial charge in [-0.25, -0.2) is 4.99 Å². The third-order valence-electron chi connectivity index (χ3n) is 6.16. The van der Waals surface area contributed by atoms with Gasteiger partial charge in [0.2, 0.25) is 11.9 Å². The van der Waals surface area contributed by atoms with Gasteiger partial charge in [-0.1, -0.05) is 17.7 Å². The van der Waals surface area contributed by atoms with Crippen LogP contribution in [0.2, 0.25) is 5.02 Å². The summed E-state index contributed by atoms with van der Waals surface area (Å²) in [4.78, 5) is 35.0. The predicted molar refractivity (Wildman–Crippen MR) is 133 cm³/mol. The summed E-state index contributed by atoms with van der Waals surface area (Å²) >= 11 is 6.01. The number of ether oxygens (including phenoxy) is 3. The minimum Gasteiger partial charge on any atom is -0.493 e. The third kappa shape index (κ3) is 5.30. The lowest BCUT2D eigenvalue weighted by Gasteiger charge is -2.39. The molecule has 1 saturated heterocycles. The number of halogens is 1. The Morgan fingerprint density at radius 1 is 1.03 bits per heavy atom. The average molecular weight is 501 g/mol. The average Bonchev–Trinajstić information content (AvgIpc) is 2.88. The molecule has 2 heterocycles. The van der Waals surface area contributed by atoms with Gasteiger partial charge in [0.15, 0.2) is 17.4 Å². The molecule has 2 aromatic carbocycles. The van der Waals surface area contributed by atoms with Crippen LogP contribution in [0.1, 0.15) is 18.5 Å². The van der Waals surface area contributed by atoms with Crippen molar-refractivity contribution >= 4 is 35.1 Å². The number of hydrogen-bond donors (Lipinski definition) is 1. The molecule has 0 bridgehead atoms. The van der Waals surface area contributed by atoms with E-state index in [9.17, 15) is 9.59 Å². The first kappa shape index (κ1) is 24.7. The molecular formula is C25H29ClN4O5. The molecule has 0 aromatic heterocycles. The molecule has 1 amide bonds. The molecule has 4 rings (SSSR count). The van der Waals surface area contributed by atoms with Crippen molar-refractivity contribution in [2.45, 2.75) is 13.0 Å². The number of anilines is 1. The molecule has 0 saturated carbocycles. The zero-order valence-corrected chi connectivity index (χ0v) is 20.7. The summed E-state index contributed by atoms with van der Waals surface area (Å²) in [7, 11) is 3.08. The molecule has 1 fully saturated rings. The summed E-state index contributed by atoms with van der Waals surface area (Å²) in [6, 6.07) is 12.2. The highest BCUT2D eigenvalue weighted by Crippen LogP contribution is 2.36. The first-order chi connectivity index (χ1) is 16.9. The van der Waals surface area contributed by atoms with Crippen molar-refractivity contribution in [2.75, 3.05) is 51.9 Å². The normalized spacial score (nSPS) is 20.1. The van der Waals surface area contributed by atoms with Crippen molar-refractivity contribution in [3.8, 4) is 11.5 Å². The molecule has 2 unspecified atom stereocenters. The van der Waals surface area contributed by atoms with Crippen molar-refractivity contribution in [2.24, 2.45) is 10.9 Å². The highest BCUT2D eigenvalue weighted by atomic mass is 35.5. The van der Waals surface area contributed by atoms with Crippen LogP contribution in [0.25, 0.3) is 0 Å². The van der Waals surface area contributed by atoms with Gasteiger partial charge < -0.3 is 24.0 Å². The van der Waals surface area contributed by atoms with Crippen LogP contribution in [-0.4, -0.2) is 69.7 Å². The van der Waals surface area contributed by atoms with Gasteiger partial charge in [-0.3, -0.25) is 14.9 Å². The van der Waals surface area contributed by atoms with Crippen molar-refractivity contribution in [3.63, 3.8) is 0 Å². The van der Waals surface area contributed by atoms with E-state index >= 15 is 0 Å². The van der Waals surface area contributed by atoms with Crippen LogP contribution in [0, 0.1) is 5.92 Å². The minimum absolute atomic E-state index is 0.171. The number of carbonyl (C=O) groups excluding carboxylic acids is 2. The molecule has 0 spiro atoms. The maximum Gasteiger partial charge on any atom is 0.321 e. The first-order valence-corrected chi connectivity index (χ1v) is 11.9. The largest absolute Gasteiger partial charge is 0.493 e. The molecule has 0 radical (unpaired) electrons. The number of aliphatic imine (C=N–C) groups is 1. The Kier molecular flexibility index (Phi) is 7.65. The zero-order valence-electron chi connectivity index (χ0n) is 20.0. The second-order valence-electron chi connectivity index (χ2n) is 8.18. The lowest BCUT2D eigenvalue weighted by atomic mass is 9.91. The van der Waals surface area contributed by atoms with E-state index in [2.05, 4.69) is 10.2 Å². The molecule has 10 heteroatoms. The number of guanidine groups is 1. The number of hydrogen-bond acceptors (Lipinski definition) is 8. The Balaban J connectivity index is 1.60. The van der Waals surface area contributed by atoms with E-state index in [0.717, 1.165) is 18.8 Å². The zero-order chi connectivity index (χ0) is 24.9. The summed E-state index contributed by atoms with van der Waals surface area (Å²) in [5, 5.41) is 3.53. The van der Waals surface area contributed by atoms with E-state index in [1.165, 1.54) is 7.11 Å². The van der Waals surface area contributed by atoms with Crippen LogP contribution in [0.15, 0.2) is 47.5 Å². The Morgan fingerprint density at radius 2 is 1.69 bits per heavy atom. The van der Waals surface area contributed by atoms with Gasteiger partial charge in [0.05, 0.1) is 20.8 Å². The van der Waals surface area contributed by atoms with Crippen molar-refractivity contribution in [3.05, 3.63) is 53.1 Å². The molecule has 2 aromatic rings. The number of esters is 1. The summed E-state index contributed by atoms with van der Waals surface area (Å²) in [6.07, 6.45) is 0. The Hall–Kier alpha value is -3.46. The van der Waals surface area contributed by atoms with Crippen LogP contribution >= 0.6 is 11.6 Å². The molecule has 2 atom stereocenters. The van der Waals surface area contributed by atoms with Gasteiger partial charge in [0.25, 0.3) is 0 Å². The highest BCUT2D eigenvalue weighted by molar-refractivity contribution is 6.30. The fourth-order valence-electron chi connectivity index (χ4n) is 4.33. The highest BCUT2D eigenvalue weighted by Gasteiger charge is 2.42. The molecular weight excluding hydrogens is 472 g/mol. The number of nitrogens with one attached hydrogen (secondary N) is 1. The van der Waals surface area contributed by atoms with Crippen molar-refractivity contribution in [1.82, 2.24) is 10.2 Å². The second kappa shape index (κ2) is 10.9. The number of carbonyl (C=O) groups is 2. The second-order valence-corrected chi connectivity index (χ2v) is 8.62. The fraction of sp³-hybridized carbons (Fsp3) is 0.400. The number of piperazine rings is 1. The molecule has 35 heavy (non-hydrogen) atoms. The van der Waals surface area contributed by atoms with Gasteiger partial charge in [-0.15, -0.1) is 0 Å². The van der Waals surface area contributed by atoms with Crippen molar-refractivity contribution in [1.29, 1.82) is 0 Å². The molecule has 2 aliphatic rings. The standard InChI is InChI=1S/C25H29ClN4O5/c1-4-35-24(32)21-22(16-5-10-19(33-2)20(15-16)34-3)27-25(28-23(21)31)30-13-11-29(12-14-30)18-8-6-17(26)7-9-18/h5-10,15,21-22H,4,11-14H2,1-3H3,(H,27,28,31). The van der Waals surface area contributed by atoms with Crippen molar-refractivity contribution < 1.29 is 23.8 Å². The lowest BCUT2D eigenvalue weighted by Crippen LogP contribution is -2.57. The Labute approximate surface area is 209 Å². The maximum absolute atomic E-state index is 13.1. The topological polar surface area (TPSA) is 92.7 Å². The monoisotopic (exact) mass is 500 g/mol. The summed E-state index contributed by atoms with van der Waals surface area (Å²) < 4.78 is 16.0. The smallest absolute Gasteiger partial charge is 0.321 e. The Bertz CT molecular complexity index is 1100. The van der Waals surface area contributed by atoms with Crippen LogP contribution in [0.3, 0.4) is 0 Å². The van der Waals surface area contributed by atoms with Crippen LogP contribution in [-0.2, 0) is 14.3 Å². The summed E-state index contributed by atoms with van der Waals surface area (Å²) in [5.41, 5.74) is 1.75. The third-order valence-corrected chi connectivity index (χ3v) is 6.41. The maximum atomic E-state index is 13.1. The molecule has 9 nitrogen and oxygen atoms in total. The van der Waals surface area contributed by atoms with Gasteiger partial charge in [0, 0.05) is 36.9 Å². The summed E-state index contributed by atoms with van der Waals surface area (Å²) in [6.45, 7) is 4.69. The number of methoxy groups -OCH3 is 2. The SMILES string of the molecule is CCOC(=O)C1C(=O)NC(N2CCN(c3ccc(Cl)cc3)CC2)=NC1c1ccc(OC)c(OC)c1. The van der Waals surface area contributed by atoms with Gasteiger partial charge >= 0.3 is 5.97 Å². The van der Waals surface area contributed by atoms with Gasteiger partial charge in [0.1, 0.15) is 6.04 Å². The molecule has 0 aliphatic carbocycles.